The van der Waals surface area contributed by atoms with E-state index in [9.17, 15) is 4.79 Å². The summed E-state index contributed by atoms with van der Waals surface area (Å²) in [5, 5.41) is 14.9. The summed E-state index contributed by atoms with van der Waals surface area (Å²) in [4.78, 5) is 21.0. The molecule has 8 nitrogen and oxygen atoms in total. The SMILES string of the molecule is O=C(/C=C/c1cc(Cl)ccc1-n1cnnn1)NC(Cc1ccccc1)c1nc2ccccc2[nH]1. The highest BCUT2D eigenvalue weighted by molar-refractivity contribution is 6.30. The molecular weight excluding hydrogens is 450 g/mol. The van der Waals surface area contributed by atoms with Crippen LogP contribution in [0.15, 0.2) is 85.2 Å². The first kappa shape index (κ1) is 21.5. The van der Waals surface area contributed by atoms with Crippen LogP contribution in [0.5, 0.6) is 0 Å². The molecule has 9 heteroatoms. The lowest BCUT2D eigenvalue weighted by Crippen LogP contribution is -2.29. The minimum Gasteiger partial charge on any atom is -0.342 e. The van der Waals surface area contributed by atoms with Gasteiger partial charge in [0.2, 0.25) is 5.91 Å². The number of nitrogens with zero attached hydrogens (tertiary/aromatic N) is 5. The molecule has 1 atom stereocenters. The Labute approximate surface area is 200 Å². The smallest absolute Gasteiger partial charge is 0.244 e. The topological polar surface area (TPSA) is 101 Å². The van der Waals surface area contributed by atoms with E-state index >= 15 is 0 Å². The van der Waals surface area contributed by atoms with Gasteiger partial charge >= 0.3 is 0 Å². The van der Waals surface area contributed by atoms with E-state index in [0.29, 0.717) is 28.5 Å². The normalized spacial score (nSPS) is 12.3. The summed E-state index contributed by atoms with van der Waals surface area (Å²) in [5.74, 6) is 0.438. The van der Waals surface area contributed by atoms with Crippen molar-refractivity contribution < 1.29 is 4.79 Å². The molecule has 0 radical (unpaired) electrons. The second-order valence-electron chi connectivity index (χ2n) is 7.68. The summed E-state index contributed by atoms with van der Waals surface area (Å²) in [6.45, 7) is 0. The lowest BCUT2D eigenvalue weighted by molar-refractivity contribution is -0.117. The van der Waals surface area contributed by atoms with E-state index in [-0.39, 0.29) is 11.9 Å². The first-order valence-corrected chi connectivity index (χ1v) is 11.0. The zero-order valence-corrected chi connectivity index (χ0v) is 18.7. The quantitative estimate of drug-likeness (QED) is 0.346. The van der Waals surface area contributed by atoms with Crippen LogP contribution in [0, 0.1) is 0 Å². The molecule has 5 aromatic rings. The second-order valence-corrected chi connectivity index (χ2v) is 8.12. The Kier molecular flexibility index (Phi) is 6.13. The van der Waals surface area contributed by atoms with Gasteiger partial charge in [-0.2, -0.15) is 4.68 Å². The van der Waals surface area contributed by atoms with Crippen molar-refractivity contribution in [2.24, 2.45) is 0 Å². The Bertz CT molecular complexity index is 1410. The Morgan fingerprint density at radius 2 is 1.91 bits per heavy atom. The van der Waals surface area contributed by atoms with Gasteiger partial charge in [0.15, 0.2) is 0 Å². The van der Waals surface area contributed by atoms with Gasteiger partial charge in [0.1, 0.15) is 12.2 Å². The number of benzene rings is 3. The van der Waals surface area contributed by atoms with Gasteiger partial charge in [-0.3, -0.25) is 4.79 Å². The Morgan fingerprint density at radius 1 is 1.09 bits per heavy atom. The molecule has 0 spiro atoms. The molecular formula is C25H20ClN7O. The Morgan fingerprint density at radius 3 is 2.71 bits per heavy atom. The number of H-pyrrole nitrogens is 1. The maximum Gasteiger partial charge on any atom is 0.244 e. The minimum absolute atomic E-state index is 0.260. The van der Waals surface area contributed by atoms with Gasteiger partial charge < -0.3 is 10.3 Å². The van der Waals surface area contributed by atoms with Crippen LogP contribution in [0.25, 0.3) is 22.8 Å². The third kappa shape index (κ3) is 4.87. The Hall–Kier alpha value is -4.30. The molecule has 0 fully saturated rings. The summed E-state index contributed by atoms with van der Waals surface area (Å²) in [6.07, 6.45) is 5.24. The molecule has 0 aliphatic rings. The number of para-hydroxylation sites is 2. The van der Waals surface area contributed by atoms with Gasteiger partial charge in [0.25, 0.3) is 0 Å². The predicted octanol–water partition coefficient (Wildman–Crippen LogP) is 4.31. The second kappa shape index (κ2) is 9.68. The van der Waals surface area contributed by atoms with Gasteiger partial charge in [-0.05, 0) is 58.8 Å². The van der Waals surface area contributed by atoms with Crippen LogP contribution in [-0.2, 0) is 11.2 Å². The first-order chi connectivity index (χ1) is 16.7. The standard InChI is InChI=1S/C25H20ClN7O/c26-19-11-12-23(33-16-27-31-32-33)18(15-19)10-13-24(34)28-22(14-17-6-2-1-3-7-17)25-29-20-8-4-5-9-21(20)30-25/h1-13,15-16,22H,14H2,(H,28,34)(H,29,30)/b13-10+. The van der Waals surface area contributed by atoms with Gasteiger partial charge in [0, 0.05) is 16.7 Å². The zero-order chi connectivity index (χ0) is 23.3. The van der Waals surface area contributed by atoms with E-state index in [0.717, 1.165) is 16.6 Å². The van der Waals surface area contributed by atoms with Crippen molar-refractivity contribution in [1.82, 2.24) is 35.5 Å². The van der Waals surface area contributed by atoms with Crippen molar-refractivity contribution >= 4 is 34.6 Å². The van der Waals surface area contributed by atoms with E-state index < -0.39 is 0 Å². The fraction of sp³-hybridized carbons (Fsp3) is 0.0800. The lowest BCUT2D eigenvalue weighted by Gasteiger charge is -2.16. The van der Waals surface area contributed by atoms with Crippen LogP contribution in [0.2, 0.25) is 5.02 Å². The highest BCUT2D eigenvalue weighted by atomic mass is 35.5. The van der Waals surface area contributed by atoms with E-state index in [1.165, 1.54) is 17.1 Å². The third-order valence-corrected chi connectivity index (χ3v) is 5.57. The maximum atomic E-state index is 13.0. The monoisotopic (exact) mass is 469 g/mol. The number of carbonyl (C=O) groups excluding carboxylic acids is 1. The third-order valence-electron chi connectivity index (χ3n) is 5.34. The van der Waals surface area contributed by atoms with Crippen LogP contribution < -0.4 is 5.32 Å². The number of hydrogen-bond donors (Lipinski definition) is 2. The number of amides is 1. The molecule has 168 valence electrons. The molecule has 1 unspecified atom stereocenters. The average molecular weight is 470 g/mol. The summed E-state index contributed by atoms with van der Waals surface area (Å²) in [5.41, 5.74) is 4.28. The van der Waals surface area contributed by atoms with Crippen molar-refractivity contribution in [2.45, 2.75) is 12.5 Å². The van der Waals surface area contributed by atoms with Crippen molar-refractivity contribution in [3.05, 3.63) is 107 Å². The number of halogens is 1. The van der Waals surface area contributed by atoms with Crippen molar-refractivity contribution in [3.63, 3.8) is 0 Å². The largest absolute Gasteiger partial charge is 0.342 e. The van der Waals surface area contributed by atoms with E-state index in [2.05, 4.69) is 25.8 Å². The van der Waals surface area contributed by atoms with Gasteiger partial charge in [0.05, 0.1) is 22.8 Å². The first-order valence-electron chi connectivity index (χ1n) is 10.7. The predicted molar refractivity (Wildman–Crippen MR) is 130 cm³/mol. The highest BCUT2D eigenvalue weighted by Crippen LogP contribution is 2.22. The number of tetrazole rings is 1. The van der Waals surface area contributed by atoms with Crippen LogP contribution in [0.3, 0.4) is 0 Å². The molecule has 2 N–H and O–H groups in total. The number of hydrogen-bond acceptors (Lipinski definition) is 5. The fourth-order valence-electron chi connectivity index (χ4n) is 3.73. The van der Waals surface area contributed by atoms with Crippen LogP contribution in [-0.4, -0.2) is 36.1 Å². The minimum atomic E-state index is -0.342. The molecule has 1 amide bonds. The molecule has 0 saturated carbocycles. The number of nitrogens with one attached hydrogen (secondary N) is 2. The van der Waals surface area contributed by atoms with Crippen LogP contribution in [0.4, 0.5) is 0 Å². The molecule has 0 aliphatic heterocycles. The van der Waals surface area contributed by atoms with E-state index in [4.69, 9.17) is 16.6 Å². The fourth-order valence-corrected chi connectivity index (χ4v) is 3.91. The summed E-state index contributed by atoms with van der Waals surface area (Å²) in [6, 6.07) is 22.7. The molecule has 0 aliphatic carbocycles. The van der Waals surface area contributed by atoms with E-state index in [1.807, 2.05) is 54.6 Å². The number of aromatic nitrogens is 6. The van der Waals surface area contributed by atoms with Crippen molar-refractivity contribution in [3.8, 4) is 5.69 Å². The highest BCUT2D eigenvalue weighted by Gasteiger charge is 2.18. The number of rotatable bonds is 7. The van der Waals surface area contributed by atoms with E-state index in [1.54, 1.807) is 24.3 Å². The van der Waals surface area contributed by atoms with Gasteiger partial charge in [-0.15, -0.1) is 5.10 Å². The van der Waals surface area contributed by atoms with Gasteiger partial charge in [-0.1, -0.05) is 54.1 Å². The number of carbonyl (C=O) groups is 1. The molecule has 2 heterocycles. The summed E-state index contributed by atoms with van der Waals surface area (Å²) < 4.78 is 1.51. The van der Waals surface area contributed by atoms with Crippen molar-refractivity contribution in [1.29, 1.82) is 0 Å². The van der Waals surface area contributed by atoms with Crippen LogP contribution >= 0.6 is 11.6 Å². The van der Waals surface area contributed by atoms with Gasteiger partial charge in [-0.25, -0.2) is 4.98 Å². The van der Waals surface area contributed by atoms with Crippen molar-refractivity contribution in [2.75, 3.05) is 0 Å². The maximum absolute atomic E-state index is 13.0. The average Bonchev–Trinajstić information content (AvgIpc) is 3.53. The van der Waals surface area contributed by atoms with Crippen LogP contribution in [0.1, 0.15) is 23.0 Å². The molecule has 2 aromatic heterocycles. The zero-order valence-electron chi connectivity index (χ0n) is 18.0. The molecule has 0 saturated heterocycles. The number of imidazole rings is 1. The summed E-state index contributed by atoms with van der Waals surface area (Å²) >= 11 is 6.18. The molecule has 0 bridgehead atoms. The number of fused-ring (bicyclic) bond motifs is 1. The summed E-state index contributed by atoms with van der Waals surface area (Å²) in [7, 11) is 0. The lowest BCUT2D eigenvalue weighted by atomic mass is 10.1. The molecule has 5 rings (SSSR count). The molecule has 3 aromatic carbocycles. The number of aromatic amines is 1. The Balaban J connectivity index is 1.41. The molecule has 34 heavy (non-hydrogen) atoms.